The lowest BCUT2D eigenvalue weighted by Crippen LogP contribution is -2.28. The first-order chi connectivity index (χ1) is 13.4. The van der Waals surface area contributed by atoms with Crippen molar-refractivity contribution in [2.45, 2.75) is 19.4 Å². The third kappa shape index (κ3) is 4.43. The Morgan fingerprint density at radius 1 is 1.11 bits per heavy atom. The lowest BCUT2D eigenvalue weighted by Gasteiger charge is -2.29. The van der Waals surface area contributed by atoms with E-state index < -0.39 is 5.60 Å². The van der Waals surface area contributed by atoms with Crippen LogP contribution in [0.5, 0.6) is 17.2 Å². The van der Waals surface area contributed by atoms with Crippen molar-refractivity contribution in [1.82, 2.24) is 0 Å². The van der Waals surface area contributed by atoms with Crippen LogP contribution in [0.2, 0.25) is 0 Å². The van der Waals surface area contributed by atoms with Gasteiger partial charge in [-0.05, 0) is 61.9 Å². The van der Waals surface area contributed by atoms with Gasteiger partial charge in [-0.25, -0.2) is 0 Å². The molecule has 0 N–H and O–H groups in total. The molecule has 0 aromatic heterocycles. The highest BCUT2D eigenvalue weighted by molar-refractivity contribution is 6.09. The van der Waals surface area contributed by atoms with E-state index in [-0.39, 0.29) is 12.6 Å². The van der Waals surface area contributed by atoms with Crippen molar-refractivity contribution >= 4 is 17.9 Å². The van der Waals surface area contributed by atoms with E-state index >= 15 is 0 Å². The highest BCUT2D eigenvalue weighted by Gasteiger charge is 2.27. The second-order valence-electron chi connectivity index (χ2n) is 6.91. The zero-order valence-corrected chi connectivity index (χ0v) is 16.5. The number of allylic oxidation sites excluding steroid dienone is 1. The van der Waals surface area contributed by atoms with Gasteiger partial charge in [0.05, 0.1) is 18.2 Å². The van der Waals surface area contributed by atoms with Gasteiger partial charge in [0, 0.05) is 7.11 Å². The fourth-order valence-electron chi connectivity index (χ4n) is 2.87. The molecule has 5 nitrogen and oxygen atoms in total. The number of ketones is 1. The lowest BCUT2D eigenvalue weighted by molar-refractivity contribution is 0.0511. The molecule has 0 radical (unpaired) electrons. The molecule has 0 unspecified atom stereocenters. The summed E-state index contributed by atoms with van der Waals surface area (Å²) in [6.07, 6.45) is 7.21. The maximum Gasteiger partial charge on any atom is 0.189 e. The van der Waals surface area contributed by atoms with Crippen LogP contribution >= 0.6 is 0 Å². The summed E-state index contributed by atoms with van der Waals surface area (Å²) in [7, 11) is 3.17. The normalized spacial score (nSPS) is 14.4. The van der Waals surface area contributed by atoms with Gasteiger partial charge in [0.2, 0.25) is 0 Å². The van der Waals surface area contributed by atoms with Crippen LogP contribution in [0.3, 0.4) is 0 Å². The van der Waals surface area contributed by atoms with Gasteiger partial charge in [-0.1, -0.05) is 18.2 Å². The fourth-order valence-corrected chi connectivity index (χ4v) is 2.87. The number of hydrogen-bond donors (Lipinski definition) is 0. The number of carbonyl (C=O) groups excluding carboxylic acids is 1. The molecule has 3 rings (SSSR count). The summed E-state index contributed by atoms with van der Waals surface area (Å²) in [6.45, 7) is 4.09. The van der Waals surface area contributed by atoms with Crippen LogP contribution in [0.25, 0.3) is 12.2 Å². The molecule has 1 aliphatic heterocycles. The number of hydrogen-bond acceptors (Lipinski definition) is 5. The van der Waals surface area contributed by atoms with Crippen LogP contribution in [-0.2, 0) is 4.74 Å². The Labute approximate surface area is 165 Å². The largest absolute Gasteiger partial charge is 0.496 e. The van der Waals surface area contributed by atoms with E-state index in [4.69, 9.17) is 18.9 Å². The Morgan fingerprint density at radius 2 is 1.86 bits per heavy atom. The molecule has 2 aromatic carbocycles. The summed E-state index contributed by atoms with van der Waals surface area (Å²) in [5, 5.41) is 0. The summed E-state index contributed by atoms with van der Waals surface area (Å²) < 4.78 is 21.7. The third-order valence-corrected chi connectivity index (χ3v) is 4.31. The predicted molar refractivity (Wildman–Crippen MR) is 109 cm³/mol. The Hall–Kier alpha value is -3.05. The van der Waals surface area contributed by atoms with E-state index in [2.05, 4.69) is 0 Å². The minimum absolute atomic E-state index is 0.135. The quantitative estimate of drug-likeness (QED) is 0.394. The van der Waals surface area contributed by atoms with E-state index in [1.807, 2.05) is 50.3 Å². The standard InChI is InChI=1S/C23H24O5/c1-23(2)14-13-19-21(26-4)12-10-18(22(19)28-23)20(24)11-7-16-5-8-17(9-6-16)27-15-25-3/h5-14H,15H2,1-4H3/b11-7+. The average molecular weight is 380 g/mol. The van der Waals surface area contributed by atoms with Crippen molar-refractivity contribution in [3.63, 3.8) is 0 Å². The first-order valence-electron chi connectivity index (χ1n) is 8.97. The minimum atomic E-state index is -0.490. The number of rotatable bonds is 7. The van der Waals surface area contributed by atoms with Gasteiger partial charge in [-0.2, -0.15) is 0 Å². The van der Waals surface area contributed by atoms with Crippen LogP contribution in [0.4, 0.5) is 0 Å². The molecule has 0 spiro atoms. The first kappa shape index (κ1) is 19.7. The van der Waals surface area contributed by atoms with Crippen molar-refractivity contribution in [3.8, 4) is 17.2 Å². The smallest absolute Gasteiger partial charge is 0.189 e. The maximum absolute atomic E-state index is 12.8. The van der Waals surface area contributed by atoms with Crippen molar-refractivity contribution in [2.75, 3.05) is 21.0 Å². The second kappa shape index (κ2) is 8.31. The molecule has 1 aliphatic rings. The van der Waals surface area contributed by atoms with Crippen LogP contribution in [0.15, 0.2) is 48.6 Å². The third-order valence-electron chi connectivity index (χ3n) is 4.31. The van der Waals surface area contributed by atoms with Gasteiger partial charge in [0.1, 0.15) is 22.8 Å². The second-order valence-corrected chi connectivity index (χ2v) is 6.91. The van der Waals surface area contributed by atoms with Crippen LogP contribution in [0, 0.1) is 0 Å². The molecule has 0 fully saturated rings. The zero-order valence-electron chi connectivity index (χ0n) is 16.5. The molecule has 5 heteroatoms. The van der Waals surface area contributed by atoms with Crippen LogP contribution in [-0.4, -0.2) is 32.4 Å². The van der Waals surface area contributed by atoms with Gasteiger partial charge in [-0.15, -0.1) is 0 Å². The lowest BCUT2D eigenvalue weighted by atomic mass is 9.97. The van der Waals surface area contributed by atoms with Gasteiger partial charge in [0.25, 0.3) is 0 Å². The maximum atomic E-state index is 12.8. The topological polar surface area (TPSA) is 54.0 Å². The molecular formula is C23H24O5. The molecule has 2 aromatic rings. The molecular weight excluding hydrogens is 356 g/mol. The number of benzene rings is 2. The molecule has 1 heterocycles. The molecule has 0 atom stereocenters. The molecule has 28 heavy (non-hydrogen) atoms. The first-order valence-corrected chi connectivity index (χ1v) is 8.97. The highest BCUT2D eigenvalue weighted by Crippen LogP contribution is 2.39. The Kier molecular flexibility index (Phi) is 5.85. The van der Waals surface area contributed by atoms with Crippen molar-refractivity contribution in [3.05, 3.63) is 65.2 Å². The molecule has 0 amide bonds. The van der Waals surface area contributed by atoms with Crippen LogP contribution < -0.4 is 14.2 Å². The van der Waals surface area contributed by atoms with Gasteiger partial charge >= 0.3 is 0 Å². The summed E-state index contributed by atoms with van der Waals surface area (Å²) in [5.41, 5.74) is 1.68. The van der Waals surface area contributed by atoms with E-state index in [1.54, 1.807) is 38.5 Å². The summed E-state index contributed by atoms with van der Waals surface area (Å²) in [4.78, 5) is 12.8. The monoisotopic (exact) mass is 380 g/mol. The Balaban J connectivity index is 1.83. The molecule has 146 valence electrons. The molecule has 0 saturated carbocycles. The SMILES string of the molecule is COCOc1ccc(/C=C/C(=O)c2ccc(OC)c3c2OC(C)(C)C=C3)cc1. The number of ether oxygens (including phenoxy) is 4. The van der Waals surface area contributed by atoms with Crippen molar-refractivity contribution in [2.24, 2.45) is 0 Å². The highest BCUT2D eigenvalue weighted by atomic mass is 16.7. The van der Waals surface area contributed by atoms with Crippen molar-refractivity contribution in [1.29, 1.82) is 0 Å². The molecule has 0 saturated heterocycles. The van der Waals surface area contributed by atoms with E-state index in [9.17, 15) is 4.79 Å². The summed E-state index contributed by atoms with van der Waals surface area (Å²) in [5.74, 6) is 1.79. The van der Waals surface area contributed by atoms with E-state index in [0.29, 0.717) is 22.8 Å². The molecule has 0 aliphatic carbocycles. The summed E-state index contributed by atoms with van der Waals surface area (Å²) in [6, 6.07) is 10.9. The fraction of sp³-hybridized carbons (Fsp3) is 0.261. The average Bonchev–Trinajstić information content (AvgIpc) is 2.69. The Bertz CT molecular complexity index is 907. The number of carbonyl (C=O) groups is 1. The molecule has 0 bridgehead atoms. The number of methoxy groups -OCH3 is 2. The predicted octanol–water partition coefficient (Wildman–Crippen LogP) is 4.76. The minimum Gasteiger partial charge on any atom is -0.496 e. The van der Waals surface area contributed by atoms with Gasteiger partial charge in [0.15, 0.2) is 12.6 Å². The Morgan fingerprint density at radius 3 is 2.54 bits per heavy atom. The summed E-state index contributed by atoms with van der Waals surface area (Å²) >= 11 is 0. The van der Waals surface area contributed by atoms with Crippen LogP contribution in [0.1, 0.15) is 35.3 Å². The number of fused-ring (bicyclic) bond motifs is 1. The van der Waals surface area contributed by atoms with Gasteiger partial charge in [-0.3, -0.25) is 4.79 Å². The van der Waals surface area contributed by atoms with E-state index in [0.717, 1.165) is 11.1 Å². The van der Waals surface area contributed by atoms with Crippen molar-refractivity contribution < 1.29 is 23.7 Å². The zero-order chi connectivity index (χ0) is 20.1. The van der Waals surface area contributed by atoms with E-state index in [1.165, 1.54) is 0 Å². The van der Waals surface area contributed by atoms with Gasteiger partial charge < -0.3 is 18.9 Å².